The number of aliphatic carboxylic acids is 1. The van der Waals surface area contributed by atoms with Gasteiger partial charge in [-0.25, -0.2) is 9.50 Å². The lowest BCUT2D eigenvalue weighted by molar-refractivity contribution is -0.136. The van der Waals surface area contributed by atoms with Gasteiger partial charge in [0.25, 0.3) is 5.78 Å². The normalized spacial score (nSPS) is 12.1. The number of thioether (sulfide) groups is 1. The first-order valence-corrected chi connectivity index (χ1v) is 11.4. The summed E-state index contributed by atoms with van der Waals surface area (Å²) in [4.78, 5) is 19.9. The zero-order valence-corrected chi connectivity index (χ0v) is 19.1. The second kappa shape index (κ2) is 10.0. The number of aryl methyl sites for hydroxylation is 2. The maximum absolute atomic E-state index is 11.1. The number of benzene rings is 2. The minimum Gasteiger partial charge on any atom is -0.491 e. The van der Waals surface area contributed by atoms with Crippen molar-refractivity contribution in [2.24, 2.45) is 0 Å². The Morgan fingerprint density at radius 1 is 1.06 bits per heavy atom. The maximum atomic E-state index is 11.1. The number of carboxylic acid groups (broad SMARTS) is 1. The molecule has 0 saturated heterocycles. The third-order valence-electron chi connectivity index (χ3n) is 5.17. The molecular weight excluding hydrogens is 440 g/mol. The Balaban J connectivity index is 1.33. The molecule has 9 heteroatoms. The number of fused-ring (bicyclic) bond motifs is 1. The highest BCUT2D eigenvalue weighted by Gasteiger charge is 2.16. The van der Waals surface area contributed by atoms with Crippen molar-refractivity contribution < 1.29 is 19.7 Å². The fourth-order valence-corrected chi connectivity index (χ4v) is 4.17. The van der Waals surface area contributed by atoms with E-state index in [9.17, 15) is 9.90 Å². The molecular formula is C24H24N4O4S. The number of hydrogen-bond acceptors (Lipinski definition) is 7. The van der Waals surface area contributed by atoms with Crippen LogP contribution in [0.1, 0.15) is 17.0 Å². The number of carbonyl (C=O) groups is 1. The van der Waals surface area contributed by atoms with Crippen molar-refractivity contribution in [1.29, 1.82) is 0 Å². The van der Waals surface area contributed by atoms with Gasteiger partial charge in [-0.1, -0.05) is 54.2 Å². The topological polar surface area (TPSA) is 110 Å². The fourth-order valence-electron chi connectivity index (χ4n) is 3.44. The highest BCUT2D eigenvalue weighted by Crippen LogP contribution is 2.23. The quantitative estimate of drug-likeness (QED) is 0.362. The number of aliphatic hydroxyl groups excluding tert-OH is 1. The van der Waals surface area contributed by atoms with Gasteiger partial charge in [0.2, 0.25) is 5.16 Å². The second-order valence-electron chi connectivity index (χ2n) is 7.60. The van der Waals surface area contributed by atoms with Gasteiger partial charge < -0.3 is 14.9 Å². The monoisotopic (exact) mass is 464 g/mol. The zero-order chi connectivity index (χ0) is 23.4. The predicted molar refractivity (Wildman–Crippen MR) is 126 cm³/mol. The van der Waals surface area contributed by atoms with E-state index in [0.717, 1.165) is 11.1 Å². The Hall–Kier alpha value is -3.43. The summed E-state index contributed by atoms with van der Waals surface area (Å²) >= 11 is 1.29. The summed E-state index contributed by atoms with van der Waals surface area (Å²) in [5.74, 6) is 0.519. The van der Waals surface area contributed by atoms with E-state index >= 15 is 0 Å². The van der Waals surface area contributed by atoms with Gasteiger partial charge in [-0.05, 0) is 37.1 Å². The van der Waals surface area contributed by atoms with Crippen molar-refractivity contribution >= 4 is 23.5 Å². The van der Waals surface area contributed by atoms with Crippen LogP contribution in [0.3, 0.4) is 0 Å². The summed E-state index contributed by atoms with van der Waals surface area (Å²) < 4.78 is 7.26. The van der Waals surface area contributed by atoms with Crippen LogP contribution in [0.25, 0.3) is 16.9 Å². The smallest absolute Gasteiger partial charge is 0.307 e. The molecule has 0 spiro atoms. The third kappa shape index (κ3) is 5.50. The van der Waals surface area contributed by atoms with Crippen molar-refractivity contribution in [3.63, 3.8) is 0 Å². The van der Waals surface area contributed by atoms with Crippen LogP contribution in [0.15, 0.2) is 59.8 Å². The van der Waals surface area contributed by atoms with E-state index in [1.807, 2.05) is 42.5 Å². The van der Waals surface area contributed by atoms with Crippen LogP contribution in [-0.2, 0) is 11.2 Å². The molecule has 0 amide bonds. The molecule has 1 unspecified atom stereocenters. The zero-order valence-electron chi connectivity index (χ0n) is 18.3. The molecule has 33 heavy (non-hydrogen) atoms. The summed E-state index contributed by atoms with van der Waals surface area (Å²) in [6.07, 6.45) is -0.834. The van der Waals surface area contributed by atoms with E-state index in [1.165, 1.54) is 11.8 Å². The standard InChI is InChI=1S/C24H24N4O4S/c1-15-21(12-22(30)31)16(2)28-23(25-15)26-24(27-28)33-14-19(29)13-32-20-10-8-18(9-11-20)17-6-4-3-5-7-17/h3-11,19,29H,12-14H2,1-2H3,(H,30,31). The minimum absolute atomic E-state index is 0.120. The van der Waals surface area contributed by atoms with E-state index in [4.69, 9.17) is 9.84 Å². The molecule has 2 aromatic carbocycles. The second-order valence-corrected chi connectivity index (χ2v) is 8.59. The van der Waals surface area contributed by atoms with Gasteiger partial charge in [-0.2, -0.15) is 4.98 Å². The summed E-state index contributed by atoms with van der Waals surface area (Å²) in [5.41, 5.74) is 4.18. The van der Waals surface area contributed by atoms with Gasteiger partial charge >= 0.3 is 5.97 Å². The SMILES string of the molecule is Cc1nc2nc(SCC(O)COc3ccc(-c4ccccc4)cc3)nn2c(C)c1CC(=O)O. The van der Waals surface area contributed by atoms with E-state index in [2.05, 4.69) is 27.2 Å². The Morgan fingerprint density at radius 2 is 1.76 bits per heavy atom. The van der Waals surface area contributed by atoms with Crippen LogP contribution in [0, 0.1) is 13.8 Å². The lowest BCUT2D eigenvalue weighted by Crippen LogP contribution is -2.20. The highest BCUT2D eigenvalue weighted by atomic mass is 32.2. The number of aliphatic hydroxyl groups is 1. The van der Waals surface area contributed by atoms with Crippen molar-refractivity contribution in [1.82, 2.24) is 19.6 Å². The molecule has 0 aliphatic heterocycles. The third-order valence-corrected chi connectivity index (χ3v) is 6.15. The van der Waals surface area contributed by atoms with E-state index in [-0.39, 0.29) is 13.0 Å². The van der Waals surface area contributed by atoms with E-state index in [1.54, 1.807) is 18.4 Å². The Morgan fingerprint density at radius 3 is 2.45 bits per heavy atom. The van der Waals surface area contributed by atoms with Crippen LogP contribution in [-0.4, -0.2) is 54.2 Å². The lowest BCUT2D eigenvalue weighted by Gasteiger charge is -2.11. The van der Waals surface area contributed by atoms with Crippen molar-refractivity contribution in [2.45, 2.75) is 31.5 Å². The van der Waals surface area contributed by atoms with Crippen LogP contribution < -0.4 is 4.74 Å². The van der Waals surface area contributed by atoms with E-state index < -0.39 is 12.1 Å². The molecule has 0 saturated carbocycles. The number of hydrogen-bond donors (Lipinski definition) is 2. The average Bonchev–Trinajstić information content (AvgIpc) is 3.23. The largest absolute Gasteiger partial charge is 0.491 e. The van der Waals surface area contributed by atoms with Crippen LogP contribution >= 0.6 is 11.8 Å². The molecule has 4 rings (SSSR count). The molecule has 4 aromatic rings. The molecule has 0 aliphatic rings. The molecule has 170 valence electrons. The summed E-state index contributed by atoms with van der Waals surface area (Å²) in [6.45, 7) is 3.71. The molecule has 0 radical (unpaired) electrons. The minimum atomic E-state index is -0.921. The van der Waals surface area contributed by atoms with Crippen LogP contribution in [0.5, 0.6) is 5.75 Å². The fraction of sp³-hybridized carbons (Fsp3) is 0.250. The van der Waals surface area contributed by atoms with Gasteiger partial charge in [-0.3, -0.25) is 4.79 Å². The van der Waals surface area contributed by atoms with Crippen molar-refractivity contribution in [3.05, 3.63) is 71.5 Å². The van der Waals surface area contributed by atoms with Crippen LogP contribution in [0.2, 0.25) is 0 Å². The number of ether oxygens (including phenoxy) is 1. The number of carboxylic acids is 1. The molecule has 2 heterocycles. The summed E-state index contributed by atoms with van der Waals surface area (Å²) in [5, 5.41) is 24.3. The first-order chi connectivity index (χ1) is 15.9. The van der Waals surface area contributed by atoms with E-state index in [0.29, 0.717) is 39.4 Å². The molecule has 8 nitrogen and oxygen atoms in total. The van der Waals surface area contributed by atoms with Gasteiger partial charge in [0.15, 0.2) is 0 Å². The first kappa shape index (κ1) is 22.8. The molecule has 0 bridgehead atoms. The van der Waals surface area contributed by atoms with Crippen LogP contribution in [0.4, 0.5) is 0 Å². The maximum Gasteiger partial charge on any atom is 0.307 e. The summed E-state index contributed by atoms with van der Waals surface area (Å²) in [6, 6.07) is 17.8. The van der Waals surface area contributed by atoms with Gasteiger partial charge in [0.05, 0.1) is 12.5 Å². The Bertz CT molecular complexity index is 1260. The predicted octanol–water partition coefficient (Wildman–Crippen LogP) is 3.57. The van der Waals surface area contributed by atoms with Gasteiger partial charge in [-0.15, -0.1) is 5.10 Å². The van der Waals surface area contributed by atoms with Gasteiger partial charge in [0.1, 0.15) is 12.4 Å². The average molecular weight is 465 g/mol. The van der Waals surface area contributed by atoms with Crippen molar-refractivity contribution in [2.75, 3.05) is 12.4 Å². The number of aromatic nitrogens is 4. The highest BCUT2D eigenvalue weighted by molar-refractivity contribution is 7.99. The first-order valence-electron chi connectivity index (χ1n) is 10.4. The molecule has 1 atom stereocenters. The van der Waals surface area contributed by atoms with Crippen molar-refractivity contribution in [3.8, 4) is 16.9 Å². The molecule has 0 fully saturated rings. The molecule has 2 N–H and O–H groups in total. The van der Waals surface area contributed by atoms with Gasteiger partial charge in [0, 0.05) is 22.7 Å². The summed E-state index contributed by atoms with van der Waals surface area (Å²) in [7, 11) is 0. The molecule has 0 aliphatic carbocycles. The number of rotatable bonds is 9. The lowest BCUT2D eigenvalue weighted by atomic mass is 10.1. The number of nitrogens with zero attached hydrogens (tertiary/aromatic N) is 4. The Kier molecular flexibility index (Phi) is 6.90. The Labute approximate surface area is 195 Å². The molecule has 2 aromatic heterocycles.